The zero-order valence-electron chi connectivity index (χ0n) is 14.4. The topological polar surface area (TPSA) is 53.8 Å². The number of ketones is 1. The van der Waals surface area contributed by atoms with Gasteiger partial charge in [0.05, 0.1) is 22.2 Å². The number of Topliss-reactive ketones (excluding diaryl/α,β-unsaturated/α-hetero) is 1. The van der Waals surface area contributed by atoms with Crippen LogP contribution in [0.5, 0.6) is 0 Å². The Hall–Kier alpha value is -3.29. The van der Waals surface area contributed by atoms with E-state index >= 15 is 0 Å². The van der Waals surface area contributed by atoms with Gasteiger partial charge < -0.3 is 0 Å². The summed E-state index contributed by atoms with van der Waals surface area (Å²) in [4.78, 5) is 18.0. The van der Waals surface area contributed by atoms with Crippen LogP contribution in [0.4, 0.5) is 0 Å². The molecule has 4 rings (SSSR count). The first-order chi connectivity index (χ1) is 13.3. The molecule has 0 N–H and O–H groups in total. The molecule has 4 aromatic rings. The molecule has 0 saturated carbocycles. The first-order valence-electron chi connectivity index (χ1n) is 8.66. The molecule has 0 fully saturated rings. The van der Waals surface area contributed by atoms with Crippen molar-refractivity contribution in [3.8, 4) is 6.07 Å². The van der Waals surface area contributed by atoms with Gasteiger partial charge in [-0.1, -0.05) is 72.8 Å². The maximum Gasteiger partial charge on any atom is 0.168 e. The molecular formula is C23H16N2OS. The molecule has 0 radical (unpaired) electrons. The predicted octanol–water partition coefficient (Wildman–Crippen LogP) is 5.30. The van der Waals surface area contributed by atoms with Gasteiger partial charge in [-0.3, -0.25) is 4.79 Å². The van der Waals surface area contributed by atoms with E-state index < -0.39 is 11.8 Å². The molecule has 1 atom stereocenters. The molecule has 0 saturated heterocycles. The SMILES string of the molecule is N#CC(C(=O)C(c1ccccc1)c1ccccc1)c1nc2ccccc2s1. The summed E-state index contributed by atoms with van der Waals surface area (Å²) in [7, 11) is 0. The quantitative estimate of drug-likeness (QED) is 0.480. The average molecular weight is 368 g/mol. The van der Waals surface area contributed by atoms with Gasteiger partial charge in [0.15, 0.2) is 11.7 Å². The third-order valence-electron chi connectivity index (χ3n) is 4.52. The van der Waals surface area contributed by atoms with Crippen molar-refractivity contribution in [1.82, 2.24) is 4.98 Å². The Bertz CT molecular complexity index is 1040. The minimum atomic E-state index is -0.896. The number of benzene rings is 3. The molecular weight excluding hydrogens is 352 g/mol. The molecule has 0 bridgehead atoms. The molecule has 0 aliphatic heterocycles. The third-order valence-corrected chi connectivity index (χ3v) is 5.62. The second-order valence-corrected chi connectivity index (χ2v) is 7.30. The number of hydrogen-bond donors (Lipinski definition) is 0. The van der Waals surface area contributed by atoms with Gasteiger partial charge in [0.25, 0.3) is 0 Å². The zero-order chi connectivity index (χ0) is 18.6. The molecule has 130 valence electrons. The third kappa shape index (κ3) is 3.38. The number of rotatable bonds is 5. The van der Waals surface area contributed by atoms with E-state index in [1.54, 1.807) is 0 Å². The van der Waals surface area contributed by atoms with Crippen LogP contribution in [0.3, 0.4) is 0 Å². The van der Waals surface area contributed by atoms with Crippen LogP contribution in [0, 0.1) is 11.3 Å². The maximum atomic E-state index is 13.5. The summed E-state index contributed by atoms with van der Waals surface area (Å²) in [5, 5.41) is 10.4. The fraction of sp³-hybridized carbons (Fsp3) is 0.0870. The number of hydrogen-bond acceptors (Lipinski definition) is 4. The number of para-hydroxylation sites is 1. The Morgan fingerprint density at radius 2 is 1.41 bits per heavy atom. The predicted molar refractivity (Wildman–Crippen MR) is 108 cm³/mol. The largest absolute Gasteiger partial charge is 0.297 e. The molecule has 4 heteroatoms. The van der Waals surface area contributed by atoms with Crippen LogP contribution >= 0.6 is 11.3 Å². The summed E-state index contributed by atoms with van der Waals surface area (Å²) < 4.78 is 0.983. The smallest absolute Gasteiger partial charge is 0.168 e. The number of thiazole rings is 1. The highest BCUT2D eigenvalue weighted by Gasteiger charge is 2.32. The van der Waals surface area contributed by atoms with Crippen molar-refractivity contribution < 1.29 is 4.79 Å². The van der Waals surface area contributed by atoms with Gasteiger partial charge in [-0.15, -0.1) is 11.3 Å². The summed E-state index contributed by atoms with van der Waals surface area (Å²) in [6.45, 7) is 0. The molecule has 1 aromatic heterocycles. The van der Waals surface area contributed by atoms with Crippen LogP contribution in [0.1, 0.15) is 28.0 Å². The van der Waals surface area contributed by atoms with E-state index in [9.17, 15) is 10.1 Å². The molecule has 0 aliphatic carbocycles. The van der Waals surface area contributed by atoms with Gasteiger partial charge in [0.2, 0.25) is 0 Å². The fourth-order valence-corrected chi connectivity index (χ4v) is 4.25. The molecule has 0 spiro atoms. The van der Waals surface area contributed by atoms with Crippen LogP contribution in [-0.4, -0.2) is 10.8 Å². The summed E-state index contributed by atoms with van der Waals surface area (Å²) in [6.07, 6.45) is 0. The van der Waals surface area contributed by atoms with E-state index in [1.165, 1.54) is 11.3 Å². The van der Waals surface area contributed by atoms with Crippen molar-refractivity contribution in [2.75, 3.05) is 0 Å². The van der Waals surface area contributed by atoms with Gasteiger partial charge in [-0.05, 0) is 23.3 Å². The molecule has 0 aliphatic rings. The minimum absolute atomic E-state index is 0.144. The lowest BCUT2D eigenvalue weighted by Crippen LogP contribution is -2.21. The Morgan fingerprint density at radius 1 is 0.852 bits per heavy atom. The highest BCUT2D eigenvalue weighted by Crippen LogP contribution is 2.34. The van der Waals surface area contributed by atoms with Gasteiger partial charge in [-0.2, -0.15) is 5.26 Å². The lowest BCUT2D eigenvalue weighted by molar-refractivity contribution is -0.119. The van der Waals surface area contributed by atoms with Crippen molar-refractivity contribution in [3.05, 3.63) is 101 Å². The lowest BCUT2D eigenvalue weighted by atomic mass is 9.83. The first kappa shape index (κ1) is 17.1. The van der Waals surface area contributed by atoms with Gasteiger partial charge >= 0.3 is 0 Å². The van der Waals surface area contributed by atoms with E-state index in [0.717, 1.165) is 21.3 Å². The highest BCUT2D eigenvalue weighted by atomic mass is 32.1. The summed E-state index contributed by atoms with van der Waals surface area (Å²) >= 11 is 1.41. The number of nitrogens with zero attached hydrogens (tertiary/aromatic N) is 2. The van der Waals surface area contributed by atoms with E-state index in [2.05, 4.69) is 11.1 Å². The molecule has 1 unspecified atom stereocenters. The van der Waals surface area contributed by atoms with Gasteiger partial charge in [0, 0.05) is 0 Å². The van der Waals surface area contributed by atoms with E-state index in [0.29, 0.717) is 5.01 Å². The number of carbonyl (C=O) groups excluding carboxylic acids is 1. The van der Waals surface area contributed by atoms with Crippen molar-refractivity contribution in [3.63, 3.8) is 0 Å². The standard InChI is InChI=1S/C23H16N2OS/c24-15-18(23-25-19-13-7-8-14-20(19)27-23)22(26)21(16-9-3-1-4-10-16)17-11-5-2-6-12-17/h1-14,18,21H. The van der Waals surface area contributed by atoms with Gasteiger partial charge in [0.1, 0.15) is 5.01 Å². The molecule has 1 heterocycles. The Balaban J connectivity index is 1.79. The van der Waals surface area contributed by atoms with Crippen molar-refractivity contribution in [1.29, 1.82) is 5.26 Å². The average Bonchev–Trinajstić information content (AvgIpc) is 3.14. The first-order valence-corrected chi connectivity index (χ1v) is 9.48. The van der Waals surface area contributed by atoms with Crippen LogP contribution in [-0.2, 0) is 4.79 Å². The Labute approximate surface area is 161 Å². The zero-order valence-corrected chi connectivity index (χ0v) is 15.3. The van der Waals surface area contributed by atoms with E-state index in [4.69, 9.17) is 0 Å². The van der Waals surface area contributed by atoms with Crippen molar-refractivity contribution in [2.24, 2.45) is 0 Å². The highest BCUT2D eigenvalue weighted by molar-refractivity contribution is 7.18. The molecule has 3 nitrogen and oxygen atoms in total. The Morgan fingerprint density at radius 3 is 1.96 bits per heavy atom. The van der Waals surface area contributed by atoms with Crippen LogP contribution < -0.4 is 0 Å². The fourth-order valence-electron chi connectivity index (χ4n) is 3.23. The minimum Gasteiger partial charge on any atom is -0.297 e. The second kappa shape index (κ2) is 7.53. The van der Waals surface area contributed by atoms with Crippen LogP contribution in [0.25, 0.3) is 10.2 Å². The van der Waals surface area contributed by atoms with Gasteiger partial charge in [-0.25, -0.2) is 4.98 Å². The second-order valence-electron chi connectivity index (χ2n) is 6.24. The van der Waals surface area contributed by atoms with Crippen molar-refractivity contribution >= 4 is 27.3 Å². The number of nitriles is 1. The van der Waals surface area contributed by atoms with E-state index in [-0.39, 0.29) is 5.78 Å². The summed E-state index contributed by atoms with van der Waals surface area (Å²) in [5.41, 5.74) is 2.59. The maximum absolute atomic E-state index is 13.5. The summed E-state index contributed by atoms with van der Waals surface area (Å²) in [5.74, 6) is -1.54. The van der Waals surface area contributed by atoms with Crippen LogP contribution in [0.2, 0.25) is 0 Å². The summed E-state index contributed by atoms with van der Waals surface area (Å²) in [6, 6.07) is 29.1. The lowest BCUT2D eigenvalue weighted by Gasteiger charge is -2.18. The Kier molecular flexibility index (Phi) is 4.78. The molecule has 3 aromatic carbocycles. The molecule has 0 amide bonds. The number of carbonyl (C=O) groups is 1. The molecule has 27 heavy (non-hydrogen) atoms. The normalized spacial score (nSPS) is 12.0. The van der Waals surface area contributed by atoms with Crippen LogP contribution in [0.15, 0.2) is 84.9 Å². The van der Waals surface area contributed by atoms with E-state index in [1.807, 2.05) is 84.9 Å². The van der Waals surface area contributed by atoms with Crippen molar-refractivity contribution in [2.45, 2.75) is 11.8 Å². The monoisotopic (exact) mass is 368 g/mol. The number of fused-ring (bicyclic) bond motifs is 1. The number of aromatic nitrogens is 1.